The molecule has 0 unspecified atom stereocenters. The van der Waals surface area contributed by atoms with E-state index in [2.05, 4.69) is 0 Å². The Hall–Kier alpha value is -1.03. The van der Waals surface area contributed by atoms with Crippen molar-refractivity contribution in [2.24, 2.45) is 5.73 Å². The smallest absolute Gasteiger partial charge is 0.290 e. The van der Waals surface area contributed by atoms with Crippen LogP contribution in [0.4, 0.5) is 13.2 Å². The molecule has 1 aromatic rings. The molecule has 0 bridgehead atoms. The van der Waals surface area contributed by atoms with E-state index in [1.165, 1.54) is 0 Å². The molecule has 1 saturated carbocycles. The summed E-state index contributed by atoms with van der Waals surface area (Å²) in [6, 6.07) is 4.35. The minimum atomic E-state index is -3.10. The molecule has 2 rings (SSSR count). The Kier molecular flexibility index (Phi) is 3.17. The number of rotatable bonds is 2. The fourth-order valence-electron chi connectivity index (χ4n) is 2.44. The van der Waals surface area contributed by atoms with Crippen LogP contribution in [-0.2, 0) is 5.92 Å². The fraction of sp³-hybridized carbons (Fsp3) is 0.538. The highest BCUT2D eigenvalue weighted by atomic mass is 19.3. The SMILES string of the molecule is NC1(C(F)(F)c2ccc(F)cc2)CCCCC1. The first kappa shape index (κ1) is 12.4. The number of hydrogen-bond donors (Lipinski definition) is 1. The first-order valence-electron chi connectivity index (χ1n) is 5.88. The lowest BCUT2D eigenvalue weighted by molar-refractivity contribution is -0.0955. The standard InChI is InChI=1S/C13H16F3N/c14-11-6-4-10(5-7-11)13(15,16)12(17)8-2-1-3-9-12/h4-7H,1-3,8-9,17H2. The van der Waals surface area contributed by atoms with Crippen molar-refractivity contribution in [1.29, 1.82) is 0 Å². The molecule has 4 heteroatoms. The minimum absolute atomic E-state index is 0.191. The van der Waals surface area contributed by atoms with Gasteiger partial charge in [-0.25, -0.2) is 4.39 Å². The van der Waals surface area contributed by atoms with Gasteiger partial charge in [-0.2, -0.15) is 8.78 Å². The second-order valence-corrected chi connectivity index (χ2v) is 4.80. The molecule has 0 atom stereocenters. The van der Waals surface area contributed by atoms with Crippen LogP contribution in [-0.4, -0.2) is 5.54 Å². The van der Waals surface area contributed by atoms with Crippen molar-refractivity contribution in [2.75, 3.05) is 0 Å². The molecular weight excluding hydrogens is 227 g/mol. The quantitative estimate of drug-likeness (QED) is 0.844. The predicted octanol–water partition coefficient (Wildman–Crippen LogP) is 3.58. The van der Waals surface area contributed by atoms with Gasteiger partial charge < -0.3 is 5.73 Å². The van der Waals surface area contributed by atoms with E-state index in [0.29, 0.717) is 12.8 Å². The first-order chi connectivity index (χ1) is 7.96. The lowest BCUT2D eigenvalue weighted by Gasteiger charge is -2.40. The van der Waals surface area contributed by atoms with Crippen molar-refractivity contribution in [3.8, 4) is 0 Å². The van der Waals surface area contributed by atoms with Crippen molar-refractivity contribution in [2.45, 2.75) is 43.6 Å². The summed E-state index contributed by atoms with van der Waals surface area (Å²) in [7, 11) is 0. The Morgan fingerprint density at radius 2 is 1.53 bits per heavy atom. The number of alkyl halides is 2. The molecule has 1 nitrogen and oxygen atoms in total. The van der Waals surface area contributed by atoms with Crippen LogP contribution in [0.25, 0.3) is 0 Å². The van der Waals surface area contributed by atoms with E-state index in [1.807, 2.05) is 0 Å². The second-order valence-electron chi connectivity index (χ2n) is 4.80. The number of halogens is 3. The minimum Gasteiger partial charge on any atom is -0.320 e. The van der Waals surface area contributed by atoms with Gasteiger partial charge in [-0.3, -0.25) is 0 Å². The van der Waals surface area contributed by atoms with Crippen molar-refractivity contribution in [3.63, 3.8) is 0 Å². The van der Waals surface area contributed by atoms with Crippen molar-refractivity contribution < 1.29 is 13.2 Å². The van der Waals surface area contributed by atoms with Crippen LogP contribution < -0.4 is 5.73 Å². The molecule has 0 heterocycles. The van der Waals surface area contributed by atoms with Gasteiger partial charge in [-0.1, -0.05) is 31.4 Å². The Morgan fingerprint density at radius 1 is 1.00 bits per heavy atom. The second kappa shape index (κ2) is 4.33. The lowest BCUT2D eigenvalue weighted by Crippen LogP contribution is -2.54. The number of hydrogen-bond acceptors (Lipinski definition) is 1. The van der Waals surface area contributed by atoms with Gasteiger partial charge in [0.15, 0.2) is 0 Å². The molecule has 2 N–H and O–H groups in total. The zero-order chi connectivity index (χ0) is 12.5. The van der Waals surface area contributed by atoms with Gasteiger partial charge in [0.05, 0.1) is 5.54 Å². The summed E-state index contributed by atoms with van der Waals surface area (Å²) in [5.41, 5.74) is 4.19. The van der Waals surface area contributed by atoms with E-state index in [-0.39, 0.29) is 5.56 Å². The maximum absolute atomic E-state index is 14.3. The van der Waals surface area contributed by atoms with Crippen LogP contribution >= 0.6 is 0 Å². The van der Waals surface area contributed by atoms with Crippen molar-refractivity contribution in [3.05, 3.63) is 35.6 Å². The van der Waals surface area contributed by atoms with Crippen LogP contribution in [0.2, 0.25) is 0 Å². The van der Waals surface area contributed by atoms with Crippen molar-refractivity contribution in [1.82, 2.24) is 0 Å². The van der Waals surface area contributed by atoms with Gasteiger partial charge in [0.2, 0.25) is 0 Å². The zero-order valence-corrected chi connectivity index (χ0v) is 9.56. The molecule has 94 valence electrons. The molecule has 0 aliphatic heterocycles. The van der Waals surface area contributed by atoms with E-state index in [0.717, 1.165) is 43.5 Å². The molecule has 0 saturated heterocycles. The highest BCUT2D eigenvalue weighted by molar-refractivity contribution is 5.25. The van der Waals surface area contributed by atoms with Crippen LogP contribution in [0, 0.1) is 5.82 Å². The molecule has 1 aromatic carbocycles. The Morgan fingerprint density at radius 3 is 2.06 bits per heavy atom. The normalized spacial score (nSPS) is 20.2. The molecular formula is C13H16F3N. The largest absolute Gasteiger partial charge is 0.320 e. The summed E-state index contributed by atoms with van der Waals surface area (Å²) < 4.78 is 41.4. The first-order valence-corrected chi connectivity index (χ1v) is 5.88. The van der Waals surface area contributed by atoms with Gasteiger partial charge in [0.25, 0.3) is 5.92 Å². The van der Waals surface area contributed by atoms with Gasteiger partial charge in [-0.05, 0) is 25.0 Å². The summed E-state index contributed by atoms with van der Waals surface area (Å²) in [6.07, 6.45) is 3.05. The Bertz CT molecular complexity index is 380. The summed E-state index contributed by atoms with van der Waals surface area (Å²) >= 11 is 0. The van der Waals surface area contributed by atoms with E-state index < -0.39 is 17.3 Å². The molecule has 1 aliphatic rings. The lowest BCUT2D eigenvalue weighted by atomic mass is 9.75. The van der Waals surface area contributed by atoms with Crippen LogP contribution in [0.5, 0.6) is 0 Å². The summed E-state index contributed by atoms with van der Waals surface area (Å²) in [6.45, 7) is 0. The van der Waals surface area contributed by atoms with E-state index in [9.17, 15) is 13.2 Å². The number of benzene rings is 1. The predicted molar refractivity (Wildman–Crippen MR) is 60.3 cm³/mol. The third-order valence-electron chi connectivity index (χ3n) is 3.58. The monoisotopic (exact) mass is 243 g/mol. The molecule has 1 fully saturated rings. The van der Waals surface area contributed by atoms with E-state index >= 15 is 0 Å². The summed E-state index contributed by atoms with van der Waals surface area (Å²) in [4.78, 5) is 0. The molecule has 17 heavy (non-hydrogen) atoms. The van der Waals surface area contributed by atoms with E-state index in [1.54, 1.807) is 0 Å². The maximum Gasteiger partial charge on any atom is 0.290 e. The fourth-order valence-corrected chi connectivity index (χ4v) is 2.44. The molecule has 0 spiro atoms. The summed E-state index contributed by atoms with van der Waals surface area (Å²) in [5, 5.41) is 0. The van der Waals surface area contributed by atoms with Crippen LogP contribution in [0.3, 0.4) is 0 Å². The third-order valence-corrected chi connectivity index (χ3v) is 3.58. The van der Waals surface area contributed by atoms with Crippen molar-refractivity contribution >= 4 is 0 Å². The topological polar surface area (TPSA) is 26.0 Å². The molecule has 0 radical (unpaired) electrons. The Labute approximate surface area is 98.8 Å². The van der Waals surface area contributed by atoms with Gasteiger partial charge in [0, 0.05) is 5.56 Å². The highest BCUT2D eigenvalue weighted by Gasteiger charge is 2.51. The van der Waals surface area contributed by atoms with Gasteiger partial charge in [0.1, 0.15) is 5.82 Å². The zero-order valence-electron chi connectivity index (χ0n) is 9.56. The van der Waals surface area contributed by atoms with Gasteiger partial charge in [-0.15, -0.1) is 0 Å². The van der Waals surface area contributed by atoms with Crippen LogP contribution in [0.15, 0.2) is 24.3 Å². The average Bonchev–Trinajstić information content (AvgIpc) is 2.30. The average molecular weight is 243 g/mol. The van der Waals surface area contributed by atoms with Crippen LogP contribution in [0.1, 0.15) is 37.7 Å². The number of nitrogens with two attached hydrogens (primary N) is 1. The molecule has 0 aromatic heterocycles. The third kappa shape index (κ3) is 2.18. The molecule has 1 aliphatic carbocycles. The molecule has 0 amide bonds. The van der Waals surface area contributed by atoms with Gasteiger partial charge >= 0.3 is 0 Å². The highest BCUT2D eigenvalue weighted by Crippen LogP contribution is 2.45. The van der Waals surface area contributed by atoms with E-state index in [4.69, 9.17) is 5.73 Å². The maximum atomic E-state index is 14.3. The summed E-state index contributed by atoms with van der Waals surface area (Å²) in [5.74, 6) is -3.61. The Balaban J connectivity index is 2.30.